The molecule has 0 bridgehead atoms. The highest BCUT2D eigenvalue weighted by Crippen LogP contribution is 2.52. The first-order chi connectivity index (χ1) is 27.8. The van der Waals surface area contributed by atoms with Crippen LogP contribution in [-0.4, -0.2) is 0 Å². The van der Waals surface area contributed by atoms with Crippen LogP contribution in [0.1, 0.15) is 0 Å². The maximum atomic E-state index is 2.39. The average molecular weight is 707 g/mol. The number of rotatable bonds is 4. The van der Waals surface area contributed by atoms with Crippen LogP contribution in [0.2, 0.25) is 0 Å². The first kappa shape index (κ1) is 31.1. The fourth-order valence-electron chi connectivity index (χ4n) is 9.81. The minimum atomic E-state index is 1.23. The van der Waals surface area contributed by atoms with E-state index in [4.69, 9.17) is 0 Å². The predicted octanol–water partition coefficient (Wildman–Crippen LogP) is 15.9. The first-order valence-corrected chi connectivity index (χ1v) is 19.5. The molecule has 0 heterocycles. The van der Waals surface area contributed by atoms with Gasteiger partial charge in [0, 0.05) is 0 Å². The van der Waals surface area contributed by atoms with Crippen molar-refractivity contribution < 1.29 is 0 Å². The lowest BCUT2D eigenvalue weighted by Gasteiger charge is -2.23. The molecule has 0 unspecified atom stereocenters. The van der Waals surface area contributed by atoms with Gasteiger partial charge in [0.25, 0.3) is 0 Å². The third kappa shape index (κ3) is 4.48. The summed E-state index contributed by atoms with van der Waals surface area (Å²) in [5.41, 5.74) is 10.0. The Balaban J connectivity index is 1.21. The van der Waals surface area contributed by atoms with Crippen LogP contribution in [-0.2, 0) is 0 Å². The van der Waals surface area contributed by atoms with Crippen molar-refractivity contribution in [2.45, 2.75) is 0 Å². The summed E-state index contributed by atoms with van der Waals surface area (Å²) < 4.78 is 0. The second-order valence-electron chi connectivity index (χ2n) is 15.1. The minimum absolute atomic E-state index is 1.23. The van der Waals surface area contributed by atoms with E-state index in [1.165, 1.54) is 120 Å². The Morgan fingerprint density at radius 1 is 0.196 bits per heavy atom. The molecule has 12 aromatic rings. The van der Waals surface area contributed by atoms with Gasteiger partial charge in [-0.15, -0.1) is 0 Å². The second-order valence-corrected chi connectivity index (χ2v) is 15.1. The van der Waals surface area contributed by atoms with E-state index in [1.54, 1.807) is 0 Å². The van der Waals surface area contributed by atoms with Gasteiger partial charge < -0.3 is 0 Å². The minimum Gasteiger partial charge on any atom is -0.0622 e. The van der Waals surface area contributed by atoms with Crippen LogP contribution in [0.15, 0.2) is 206 Å². The number of hydrogen-bond acceptors (Lipinski definition) is 0. The Hall–Kier alpha value is -7.28. The van der Waals surface area contributed by atoms with Gasteiger partial charge in [-0.05, 0) is 132 Å². The highest BCUT2D eigenvalue weighted by molar-refractivity contribution is 6.45. The molecule has 0 saturated heterocycles. The monoisotopic (exact) mass is 706 g/mol. The summed E-state index contributed by atoms with van der Waals surface area (Å²) in [4.78, 5) is 0. The number of fused-ring (bicyclic) bond motifs is 7. The van der Waals surface area contributed by atoms with Crippen LogP contribution in [0, 0.1) is 0 Å². The summed E-state index contributed by atoms with van der Waals surface area (Å²) in [7, 11) is 0. The molecule has 0 aliphatic rings. The summed E-state index contributed by atoms with van der Waals surface area (Å²) in [6.45, 7) is 0. The molecular weight excluding hydrogens is 673 g/mol. The van der Waals surface area contributed by atoms with Gasteiger partial charge in [-0.25, -0.2) is 0 Å². The van der Waals surface area contributed by atoms with Gasteiger partial charge in [0.05, 0.1) is 0 Å². The lowest BCUT2D eigenvalue weighted by molar-refractivity contribution is 1.61. The smallest absolute Gasteiger partial charge is 0.000740 e. The van der Waals surface area contributed by atoms with Crippen molar-refractivity contribution in [3.8, 4) is 44.5 Å². The van der Waals surface area contributed by atoms with E-state index in [1.807, 2.05) is 0 Å². The molecule has 0 aliphatic carbocycles. The third-order valence-corrected chi connectivity index (χ3v) is 12.2. The molecule has 12 aromatic carbocycles. The fourth-order valence-corrected chi connectivity index (χ4v) is 9.81. The van der Waals surface area contributed by atoms with Gasteiger partial charge >= 0.3 is 0 Å². The van der Waals surface area contributed by atoms with Gasteiger partial charge in [0.2, 0.25) is 0 Å². The Morgan fingerprint density at radius 3 is 1.23 bits per heavy atom. The molecule has 0 fully saturated rings. The molecule has 0 nitrogen and oxygen atoms in total. The predicted molar refractivity (Wildman–Crippen MR) is 242 cm³/mol. The Kier molecular flexibility index (Phi) is 6.73. The van der Waals surface area contributed by atoms with Gasteiger partial charge in [-0.1, -0.05) is 194 Å². The zero-order valence-corrected chi connectivity index (χ0v) is 30.6. The lowest BCUT2D eigenvalue weighted by atomic mass is 9.79. The molecule has 0 radical (unpaired) electrons. The molecule has 0 spiro atoms. The molecule has 0 N–H and O–H groups in total. The molecule has 0 amide bonds. The van der Waals surface area contributed by atoms with Crippen molar-refractivity contribution >= 4 is 75.4 Å². The zero-order chi connectivity index (χ0) is 36.7. The van der Waals surface area contributed by atoms with E-state index >= 15 is 0 Å². The second kappa shape index (κ2) is 12.1. The standard InChI is InChI=1S/C56H34/c1-3-15-35(16-4-1)37-29-30-39-34-40(32-31-38(39)33-37)51-43-21-9-11-23-47(43)55-53-45(25-13-27-49(51)53)46-26-14-28-50-52(44-22-10-12-24-48(44)56(55)54(46)50)42-20-8-7-19-41(42)36-17-5-2-6-18-36/h1-34H. The van der Waals surface area contributed by atoms with E-state index in [0.717, 1.165) is 0 Å². The lowest BCUT2D eigenvalue weighted by Crippen LogP contribution is -1.95. The molecule has 0 atom stereocenters. The maximum Gasteiger partial charge on any atom is -0.000740 e. The largest absolute Gasteiger partial charge is 0.0622 e. The number of hydrogen-bond donors (Lipinski definition) is 0. The molecule has 0 aromatic heterocycles. The highest BCUT2D eigenvalue weighted by Gasteiger charge is 2.24. The van der Waals surface area contributed by atoms with Crippen molar-refractivity contribution in [3.05, 3.63) is 206 Å². The Morgan fingerprint density at radius 2 is 0.607 bits per heavy atom. The Labute approximate surface area is 324 Å². The van der Waals surface area contributed by atoms with E-state index in [2.05, 4.69) is 206 Å². The molecular formula is C56H34. The normalized spacial score (nSPS) is 11.9. The average Bonchev–Trinajstić information content (AvgIpc) is 3.27. The van der Waals surface area contributed by atoms with Crippen molar-refractivity contribution in [2.75, 3.05) is 0 Å². The topological polar surface area (TPSA) is 0 Å². The Bertz CT molecular complexity index is 3500. The van der Waals surface area contributed by atoms with Crippen LogP contribution in [0.4, 0.5) is 0 Å². The molecule has 258 valence electrons. The van der Waals surface area contributed by atoms with Crippen molar-refractivity contribution in [1.29, 1.82) is 0 Å². The van der Waals surface area contributed by atoms with Crippen LogP contribution in [0.3, 0.4) is 0 Å². The van der Waals surface area contributed by atoms with Crippen LogP contribution < -0.4 is 0 Å². The van der Waals surface area contributed by atoms with E-state index in [9.17, 15) is 0 Å². The molecule has 0 saturated carbocycles. The third-order valence-electron chi connectivity index (χ3n) is 12.2. The van der Waals surface area contributed by atoms with E-state index < -0.39 is 0 Å². The van der Waals surface area contributed by atoms with Crippen molar-refractivity contribution in [1.82, 2.24) is 0 Å². The van der Waals surface area contributed by atoms with Crippen LogP contribution in [0.5, 0.6) is 0 Å². The molecule has 56 heavy (non-hydrogen) atoms. The van der Waals surface area contributed by atoms with Crippen LogP contribution in [0.25, 0.3) is 120 Å². The van der Waals surface area contributed by atoms with Gasteiger partial charge in [-0.3, -0.25) is 0 Å². The SMILES string of the molecule is c1ccc(-c2ccc3cc(-c4c5ccccc5c5c6c4cccc6c4cccc6c(-c7ccccc7-c7ccccc7)c7ccccc7c5c64)ccc3c2)cc1. The molecule has 0 heteroatoms. The van der Waals surface area contributed by atoms with Crippen molar-refractivity contribution in [2.24, 2.45) is 0 Å². The molecule has 0 aliphatic heterocycles. The zero-order valence-electron chi connectivity index (χ0n) is 30.6. The van der Waals surface area contributed by atoms with Gasteiger partial charge in [0.15, 0.2) is 0 Å². The first-order valence-electron chi connectivity index (χ1n) is 19.5. The van der Waals surface area contributed by atoms with Crippen LogP contribution >= 0.6 is 0 Å². The summed E-state index contributed by atoms with van der Waals surface area (Å²) in [6.07, 6.45) is 0. The van der Waals surface area contributed by atoms with Gasteiger partial charge in [-0.2, -0.15) is 0 Å². The summed E-state index contributed by atoms with van der Waals surface area (Å²) in [5, 5.41) is 18.2. The molecule has 12 rings (SSSR count). The van der Waals surface area contributed by atoms with Crippen molar-refractivity contribution in [3.63, 3.8) is 0 Å². The summed E-state index contributed by atoms with van der Waals surface area (Å²) in [5.74, 6) is 0. The highest BCUT2D eigenvalue weighted by atomic mass is 14.3. The quantitative estimate of drug-likeness (QED) is 0.126. The number of benzene rings is 12. The fraction of sp³-hybridized carbons (Fsp3) is 0. The maximum absolute atomic E-state index is 2.39. The van der Waals surface area contributed by atoms with E-state index in [-0.39, 0.29) is 0 Å². The van der Waals surface area contributed by atoms with Gasteiger partial charge in [0.1, 0.15) is 0 Å². The summed E-state index contributed by atoms with van der Waals surface area (Å²) in [6, 6.07) is 76.4. The summed E-state index contributed by atoms with van der Waals surface area (Å²) >= 11 is 0. The van der Waals surface area contributed by atoms with E-state index in [0.29, 0.717) is 0 Å².